The summed E-state index contributed by atoms with van der Waals surface area (Å²) in [7, 11) is 2.68. The van der Waals surface area contributed by atoms with E-state index in [1.807, 2.05) is 13.8 Å². The van der Waals surface area contributed by atoms with E-state index in [1.165, 1.54) is 38.7 Å². The SMILES string of the molecule is COc1ccnc(C(=O)N[C@H]2COC[C@H](OC3CCCC(C4CCC(O[C@H]5[C@H](C)OC(=O)[C@@H](NC(=O)c6nccc(OC)c6O)COC[C@@H]5OCC(C)C)CC4)C3)[C@@H](O)[C@H](C)OC2=O)c1O. The molecule has 20 heteroatoms. The van der Waals surface area contributed by atoms with E-state index in [1.54, 1.807) is 13.8 Å². The zero-order chi connectivity index (χ0) is 47.5. The van der Waals surface area contributed by atoms with Gasteiger partial charge in [0.1, 0.15) is 36.6 Å². The van der Waals surface area contributed by atoms with Crippen molar-refractivity contribution < 1.29 is 77.1 Å². The number of pyridine rings is 2. The third-order valence-electron chi connectivity index (χ3n) is 12.7. The van der Waals surface area contributed by atoms with Gasteiger partial charge in [-0.25, -0.2) is 19.6 Å². The molecular formula is C46H66N4O16. The Morgan fingerprint density at radius 1 is 0.727 bits per heavy atom. The van der Waals surface area contributed by atoms with Crippen LogP contribution in [0.3, 0.4) is 0 Å². The van der Waals surface area contributed by atoms with E-state index in [-0.39, 0.29) is 67.4 Å². The topological polar surface area (TPSA) is 262 Å². The lowest BCUT2D eigenvalue weighted by molar-refractivity contribution is -0.182. The van der Waals surface area contributed by atoms with Crippen LogP contribution in [0.25, 0.3) is 0 Å². The van der Waals surface area contributed by atoms with E-state index in [0.717, 1.165) is 51.4 Å². The number of carbonyl (C=O) groups excluding carboxylic acids is 4. The van der Waals surface area contributed by atoms with Gasteiger partial charge in [-0.3, -0.25) is 9.59 Å². The number of hydrogen-bond donors (Lipinski definition) is 5. The number of rotatable bonds is 14. The van der Waals surface area contributed by atoms with Crippen molar-refractivity contribution in [2.45, 2.75) is 140 Å². The number of aliphatic hydroxyl groups is 1. The van der Waals surface area contributed by atoms with Crippen molar-refractivity contribution in [1.82, 2.24) is 20.6 Å². The highest BCUT2D eigenvalue weighted by Gasteiger charge is 2.41. The molecule has 2 aromatic heterocycles. The first-order chi connectivity index (χ1) is 31.7. The van der Waals surface area contributed by atoms with Crippen LogP contribution < -0.4 is 20.1 Å². The lowest BCUT2D eigenvalue weighted by Gasteiger charge is -2.41. The van der Waals surface area contributed by atoms with E-state index >= 15 is 0 Å². The molecule has 5 N–H and O–H groups in total. The molecule has 0 aromatic carbocycles. The molecule has 66 heavy (non-hydrogen) atoms. The number of nitrogens with one attached hydrogen (secondary N) is 2. The number of esters is 2. The van der Waals surface area contributed by atoms with Crippen molar-refractivity contribution in [3.8, 4) is 23.0 Å². The fraction of sp³-hybridized carbons (Fsp3) is 0.696. The van der Waals surface area contributed by atoms with E-state index in [9.17, 15) is 34.5 Å². The monoisotopic (exact) mass is 930 g/mol. The number of hydrogen-bond acceptors (Lipinski definition) is 18. The predicted molar refractivity (Wildman–Crippen MR) is 232 cm³/mol. The van der Waals surface area contributed by atoms with Gasteiger partial charge in [-0.2, -0.15) is 0 Å². The molecule has 4 fully saturated rings. The van der Waals surface area contributed by atoms with Crippen LogP contribution in [0.4, 0.5) is 0 Å². The summed E-state index contributed by atoms with van der Waals surface area (Å²) in [6, 6.07) is 0.355. The van der Waals surface area contributed by atoms with Crippen molar-refractivity contribution in [2.24, 2.45) is 17.8 Å². The number of carbonyl (C=O) groups is 4. The molecule has 2 saturated carbocycles. The van der Waals surface area contributed by atoms with Gasteiger partial charge in [0.25, 0.3) is 11.8 Å². The highest BCUT2D eigenvalue weighted by molar-refractivity contribution is 5.98. The number of nitrogens with zero attached hydrogens (tertiary/aromatic N) is 2. The van der Waals surface area contributed by atoms with Crippen LogP contribution in [-0.2, 0) is 42.7 Å². The van der Waals surface area contributed by atoms with Crippen molar-refractivity contribution in [3.63, 3.8) is 0 Å². The number of amides is 2. The van der Waals surface area contributed by atoms with Gasteiger partial charge in [0.15, 0.2) is 46.5 Å². The second kappa shape index (κ2) is 23.7. The Labute approximate surface area is 384 Å². The second-order valence-corrected chi connectivity index (χ2v) is 17.9. The molecule has 4 aliphatic rings. The lowest BCUT2D eigenvalue weighted by Crippen LogP contribution is -2.48. The summed E-state index contributed by atoms with van der Waals surface area (Å²) in [5.41, 5.74) is -0.644. The maximum atomic E-state index is 13.5. The van der Waals surface area contributed by atoms with Crippen molar-refractivity contribution in [2.75, 3.05) is 47.3 Å². The standard InChI is InChI=1S/C46H66N4O16/c1-24(2)19-62-36-23-61-21-32(50-44(55)38-41(53)34(59-6)15-17-48-38)46(57)64-26(4)42(36)66-29-12-10-27(11-13-29)28-8-7-9-30(18-28)65-35-22-60-20-31(45(56)63-25(3)39(35)51)49-43(54)37-40(52)33(58-5)14-16-47-37/h14-17,24-32,35-36,39,42,51-53H,7-13,18-23H2,1-6H3,(H,49,54)(H,50,55)/t25-,26-,27?,28?,29?,30?,31-,32-,35-,36-,39-,42-/m0/s1. The fourth-order valence-corrected chi connectivity index (χ4v) is 9.07. The summed E-state index contributed by atoms with van der Waals surface area (Å²) >= 11 is 0. The lowest BCUT2D eigenvalue weighted by atomic mass is 9.72. The molecule has 2 aliphatic carbocycles. The van der Waals surface area contributed by atoms with Crippen LogP contribution in [-0.4, -0.2) is 157 Å². The van der Waals surface area contributed by atoms with Crippen molar-refractivity contribution >= 4 is 23.8 Å². The van der Waals surface area contributed by atoms with Gasteiger partial charge in [-0.15, -0.1) is 0 Å². The first kappa shape index (κ1) is 50.6. The minimum Gasteiger partial charge on any atom is -0.503 e. The minimum atomic E-state index is -1.24. The third kappa shape index (κ3) is 13.0. The minimum absolute atomic E-state index is 0.0412. The van der Waals surface area contributed by atoms with Crippen LogP contribution >= 0.6 is 0 Å². The molecule has 6 rings (SSSR count). The van der Waals surface area contributed by atoms with Crippen molar-refractivity contribution in [1.29, 1.82) is 0 Å². The molecule has 2 aliphatic heterocycles. The molecule has 20 nitrogen and oxygen atoms in total. The van der Waals surface area contributed by atoms with Crippen LogP contribution in [0.15, 0.2) is 24.5 Å². The van der Waals surface area contributed by atoms with Crippen LogP contribution in [0.5, 0.6) is 23.0 Å². The molecule has 366 valence electrons. The Hall–Kier alpha value is -4.86. The number of methoxy groups -OCH3 is 2. The quantitative estimate of drug-likeness (QED) is 0.171. The average molecular weight is 931 g/mol. The molecular weight excluding hydrogens is 865 g/mol. The molecule has 4 heterocycles. The van der Waals surface area contributed by atoms with E-state index < -0.39 is 84.0 Å². The molecule has 2 amide bonds. The average Bonchev–Trinajstić information content (AvgIpc) is 3.38. The van der Waals surface area contributed by atoms with Gasteiger partial charge in [0.05, 0.1) is 52.9 Å². The Balaban J connectivity index is 1.02. The molecule has 0 spiro atoms. The number of aliphatic hydroxyl groups excluding tert-OH is 1. The van der Waals surface area contributed by atoms with Gasteiger partial charge >= 0.3 is 11.9 Å². The summed E-state index contributed by atoms with van der Waals surface area (Å²) < 4.78 is 53.1. The van der Waals surface area contributed by atoms with Gasteiger partial charge in [-0.1, -0.05) is 20.3 Å². The summed E-state index contributed by atoms with van der Waals surface area (Å²) in [5.74, 6) is -3.02. The highest BCUT2D eigenvalue weighted by Crippen LogP contribution is 2.41. The molecule has 0 bridgehead atoms. The molecule has 10 atom stereocenters. The Bertz CT molecular complexity index is 1950. The normalized spacial score (nSPS) is 31.3. The fourth-order valence-electron chi connectivity index (χ4n) is 9.07. The maximum absolute atomic E-state index is 13.5. The number of aromatic hydroxyl groups is 2. The maximum Gasteiger partial charge on any atom is 0.331 e. The molecule has 0 radical (unpaired) electrons. The first-order valence-electron chi connectivity index (χ1n) is 22.9. The molecule has 2 saturated heterocycles. The van der Waals surface area contributed by atoms with E-state index in [0.29, 0.717) is 18.4 Å². The third-order valence-corrected chi connectivity index (χ3v) is 12.7. The molecule has 2 unspecified atom stereocenters. The van der Waals surface area contributed by atoms with Gasteiger partial charge in [0.2, 0.25) is 0 Å². The summed E-state index contributed by atoms with van der Waals surface area (Å²) in [6.07, 6.45) is 4.28. The van der Waals surface area contributed by atoms with Crippen LogP contribution in [0.2, 0.25) is 0 Å². The summed E-state index contributed by atoms with van der Waals surface area (Å²) in [5, 5.41) is 37.2. The predicted octanol–water partition coefficient (Wildman–Crippen LogP) is 3.02. The number of aromatic nitrogens is 2. The van der Waals surface area contributed by atoms with Gasteiger partial charge in [0, 0.05) is 31.1 Å². The number of cyclic esters (lactones) is 2. The second-order valence-electron chi connectivity index (χ2n) is 17.9. The Morgan fingerprint density at radius 3 is 1.82 bits per heavy atom. The molecule has 2 aromatic rings. The number of ether oxygens (including phenoxy) is 9. The smallest absolute Gasteiger partial charge is 0.331 e. The Kier molecular flexibility index (Phi) is 18.2. The van der Waals surface area contributed by atoms with Crippen LogP contribution in [0, 0.1) is 17.8 Å². The highest BCUT2D eigenvalue weighted by atomic mass is 16.6. The van der Waals surface area contributed by atoms with Crippen LogP contribution in [0.1, 0.15) is 100 Å². The van der Waals surface area contributed by atoms with Gasteiger partial charge in [-0.05, 0) is 76.5 Å². The summed E-state index contributed by atoms with van der Waals surface area (Å²) in [6.45, 7) is 7.36. The Morgan fingerprint density at radius 2 is 1.27 bits per heavy atom. The van der Waals surface area contributed by atoms with Crippen molar-refractivity contribution in [3.05, 3.63) is 35.9 Å². The van der Waals surface area contributed by atoms with E-state index in [2.05, 4.69) is 20.6 Å². The zero-order valence-corrected chi connectivity index (χ0v) is 38.6. The van der Waals surface area contributed by atoms with E-state index in [4.69, 9.17) is 42.6 Å². The largest absolute Gasteiger partial charge is 0.503 e. The summed E-state index contributed by atoms with van der Waals surface area (Å²) in [4.78, 5) is 60.6. The van der Waals surface area contributed by atoms with Gasteiger partial charge < -0.3 is 68.6 Å². The first-order valence-corrected chi connectivity index (χ1v) is 22.9. The zero-order valence-electron chi connectivity index (χ0n) is 38.6.